The normalized spacial score (nSPS) is 17.9. The van der Waals surface area contributed by atoms with Gasteiger partial charge < -0.3 is 19.1 Å². The molecule has 0 spiro atoms. The van der Waals surface area contributed by atoms with E-state index in [2.05, 4.69) is 0 Å². The van der Waals surface area contributed by atoms with Crippen molar-refractivity contribution in [2.24, 2.45) is 0 Å². The maximum atomic E-state index is 12.8. The second-order valence-electron chi connectivity index (χ2n) is 8.96. The van der Waals surface area contributed by atoms with E-state index in [1.54, 1.807) is 18.7 Å². The molecule has 0 radical (unpaired) electrons. The van der Waals surface area contributed by atoms with E-state index in [9.17, 15) is 14.4 Å². The van der Waals surface area contributed by atoms with Gasteiger partial charge in [-0.1, -0.05) is 6.07 Å². The molecule has 2 aliphatic heterocycles. The first-order chi connectivity index (χ1) is 14.6. The van der Waals surface area contributed by atoms with Gasteiger partial charge in [0, 0.05) is 12.5 Å². The Kier molecular flexibility index (Phi) is 6.77. The standard InChI is InChI=1S/C23H32N2O6/c1-6-29-21(27)15(2)25-19-12-17(11-10-16(19)8-7-9-20(25)26)30-18-13-24(14-18)22(28)31-23(3,4)5/h10-12,15,18H,6-9,13-14H2,1-5H3. The van der Waals surface area contributed by atoms with Crippen molar-refractivity contribution in [1.29, 1.82) is 0 Å². The van der Waals surface area contributed by atoms with Crippen molar-refractivity contribution in [3.8, 4) is 5.75 Å². The summed E-state index contributed by atoms with van der Waals surface area (Å²) in [5.41, 5.74) is 1.15. The van der Waals surface area contributed by atoms with Gasteiger partial charge in [-0.3, -0.25) is 9.69 Å². The van der Waals surface area contributed by atoms with Crippen molar-refractivity contribution in [3.63, 3.8) is 0 Å². The minimum Gasteiger partial charge on any atom is -0.487 e. The monoisotopic (exact) mass is 432 g/mol. The number of carbonyl (C=O) groups is 3. The second-order valence-corrected chi connectivity index (χ2v) is 8.96. The van der Waals surface area contributed by atoms with Crippen LogP contribution in [-0.4, -0.2) is 60.3 Å². The summed E-state index contributed by atoms with van der Waals surface area (Å²) >= 11 is 0. The molecule has 1 aromatic rings. The number of esters is 1. The fourth-order valence-corrected chi connectivity index (χ4v) is 3.71. The molecule has 8 nitrogen and oxygen atoms in total. The number of ether oxygens (including phenoxy) is 3. The van der Waals surface area contributed by atoms with E-state index in [4.69, 9.17) is 14.2 Å². The van der Waals surface area contributed by atoms with Crippen LogP contribution in [0.25, 0.3) is 0 Å². The minimum absolute atomic E-state index is 0.101. The molecule has 170 valence electrons. The van der Waals surface area contributed by atoms with Gasteiger partial charge in [0.05, 0.1) is 25.4 Å². The summed E-state index contributed by atoms with van der Waals surface area (Å²) in [6.45, 7) is 10.1. The smallest absolute Gasteiger partial charge is 0.410 e. The van der Waals surface area contributed by atoms with E-state index in [-0.39, 0.29) is 24.7 Å². The van der Waals surface area contributed by atoms with Gasteiger partial charge in [0.25, 0.3) is 0 Å². The van der Waals surface area contributed by atoms with E-state index in [0.29, 0.717) is 30.9 Å². The molecule has 31 heavy (non-hydrogen) atoms. The lowest BCUT2D eigenvalue weighted by Gasteiger charge is -2.39. The predicted molar refractivity (Wildman–Crippen MR) is 115 cm³/mol. The number of likely N-dealkylation sites (tertiary alicyclic amines) is 1. The van der Waals surface area contributed by atoms with Crippen molar-refractivity contribution in [2.45, 2.75) is 71.6 Å². The molecule has 0 N–H and O–H groups in total. The van der Waals surface area contributed by atoms with Crippen LogP contribution in [-0.2, 0) is 25.5 Å². The number of nitrogens with zero attached hydrogens (tertiary/aromatic N) is 2. The first-order valence-corrected chi connectivity index (χ1v) is 10.8. The van der Waals surface area contributed by atoms with E-state index in [0.717, 1.165) is 18.4 Å². The van der Waals surface area contributed by atoms with Crippen molar-refractivity contribution < 1.29 is 28.6 Å². The topological polar surface area (TPSA) is 85.4 Å². The number of fused-ring (bicyclic) bond motifs is 1. The summed E-state index contributed by atoms with van der Waals surface area (Å²) in [4.78, 5) is 40.3. The van der Waals surface area contributed by atoms with E-state index in [1.165, 1.54) is 4.90 Å². The number of carbonyl (C=O) groups excluding carboxylic acids is 3. The lowest BCUT2D eigenvalue weighted by Crippen LogP contribution is -2.57. The highest BCUT2D eigenvalue weighted by molar-refractivity contribution is 6.00. The third-order valence-electron chi connectivity index (χ3n) is 5.24. The number of rotatable bonds is 5. The molecule has 1 saturated heterocycles. The number of benzene rings is 1. The fourth-order valence-electron chi connectivity index (χ4n) is 3.71. The highest BCUT2D eigenvalue weighted by atomic mass is 16.6. The Morgan fingerprint density at radius 1 is 1.19 bits per heavy atom. The Balaban J connectivity index is 1.71. The van der Waals surface area contributed by atoms with Crippen LogP contribution in [0.4, 0.5) is 10.5 Å². The molecule has 1 atom stereocenters. The van der Waals surface area contributed by atoms with Crippen molar-refractivity contribution in [1.82, 2.24) is 4.90 Å². The summed E-state index contributed by atoms with van der Waals surface area (Å²) in [6, 6.07) is 4.91. The van der Waals surface area contributed by atoms with Crippen LogP contribution in [0.1, 0.15) is 53.0 Å². The van der Waals surface area contributed by atoms with Gasteiger partial charge >= 0.3 is 12.1 Å². The molecule has 1 unspecified atom stereocenters. The van der Waals surface area contributed by atoms with Crippen LogP contribution in [0.2, 0.25) is 0 Å². The van der Waals surface area contributed by atoms with Gasteiger partial charge in [-0.25, -0.2) is 9.59 Å². The first kappa shape index (κ1) is 22.9. The minimum atomic E-state index is -0.717. The van der Waals surface area contributed by atoms with Crippen LogP contribution in [0.15, 0.2) is 18.2 Å². The molecule has 2 heterocycles. The van der Waals surface area contributed by atoms with Crippen LogP contribution >= 0.6 is 0 Å². The number of hydrogen-bond acceptors (Lipinski definition) is 6. The zero-order valence-corrected chi connectivity index (χ0v) is 19.0. The van der Waals surface area contributed by atoms with Gasteiger partial charge in [0.1, 0.15) is 23.5 Å². The zero-order chi connectivity index (χ0) is 22.8. The summed E-state index contributed by atoms with van der Waals surface area (Å²) < 4.78 is 16.5. The third kappa shape index (κ3) is 5.48. The van der Waals surface area contributed by atoms with Crippen LogP contribution in [0, 0.1) is 0 Å². The highest BCUT2D eigenvalue weighted by Crippen LogP contribution is 2.33. The van der Waals surface area contributed by atoms with Crippen molar-refractivity contribution in [2.75, 3.05) is 24.6 Å². The summed E-state index contributed by atoms with van der Waals surface area (Å²) in [6.07, 6.45) is 1.36. The summed E-state index contributed by atoms with van der Waals surface area (Å²) in [5.74, 6) is 0.0709. The summed E-state index contributed by atoms with van der Waals surface area (Å²) in [5, 5.41) is 0. The third-order valence-corrected chi connectivity index (χ3v) is 5.24. The SMILES string of the molecule is CCOC(=O)C(C)N1C(=O)CCCc2ccc(OC3CN(C(=O)OC(C)(C)C)C3)cc21. The molecule has 3 rings (SSSR count). The lowest BCUT2D eigenvalue weighted by molar-refractivity contribution is -0.145. The highest BCUT2D eigenvalue weighted by Gasteiger charge is 2.36. The van der Waals surface area contributed by atoms with Gasteiger partial charge in [0.15, 0.2) is 0 Å². The molecule has 8 heteroatoms. The molecule has 1 aromatic carbocycles. The Bertz CT molecular complexity index is 841. The quantitative estimate of drug-likeness (QED) is 0.664. The molecular formula is C23H32N2O6. The van der Waals surface area contributed by atoms with Gasteiger partial charge in [0.2, 0.25) is 5.91 Å². The average Bonchev–Trinajstić information content (AvgIpc) is 2.80. The maximum absolute atomic E-state index is 12.8. The molecule has 0 aliphatic carbocycles. The average molecular weight is 433 g/mol. The van der Waals surface area contributed by atoms with Crippen LogP contribution in [0.5, 0.6) is 5.75 Å². The molecule has 0 aromatic heterocycles. The second kappa shape index (κ2) is 9.16. The molecule has 1 fully saturated rings. The van der Waals surface area contributed by atoms with E-state index >= 15 is 0 Å². The van der Waals surface area contributed by atoms with Crippen LogP contribution < -0.4 is 9.64 Å². The fraction of sp³-hybridized carbons (Fsp3) is 0.609. The Morgan fingerprint density at radius 3 is 2.55 bits per heavy atom. The van der Waals surface area contributed by atoms with Crippen molar-refractivity contribution in [3.05, 3.63) is 23.8 Å². The number of hydrogen-bond donors (Lipinski definition) is 0. The number of amides is 2. The molecule has 2 aliphatic rings. The Morgan fingerprint density at radius 2 is 1.90 bits per heavy atom. The molecule has 0 saturated carbocycles. The Labute approximate surface area is 183 Å². The van der Waals surface area contributed by atoms with Gasteiger partial charge in [-0.2, -0.15) is 0 Å². The largest absolute Gasteiger partial charge is 0.487 e. The number of anilines is 1. The van der Waals surface area contributed by atoms with Crippen molar-refractivity contribution >= 4 is 23.7 Å². The first-order valence-electron chi connectivity index (χ1n) is 10.8. The van der Waals surface area contributed by atoms with Crippen LogP contribution in [0.3, 0.4) is 0 Å². The zero-order valence-electron chi connectivity index (χ0n) is 19.0. The van der Waals surface area contributed by atoms with E-state index < -0.39 is 17.6 Å². The van der Waals surface area contributed by atoms with Gasteiger partial charge in [-0.15, -0.1) is 0 Å². The molecule has 2 amide bonds. The number of aryl methyl sites for hydroxylation is 1. The predicted octanol–water partition coefficient (Wildman–Crippen LogP) is 3.31. The Hall–Kier alpha value is -2.77. The molecule has 0 bridgehead atoms. The lowest BCUT2D eigenvalue weighted by atomic mass is 10.1. The summed E-state index contributed by atoms with van der Waals surface area (Å²) in [7, 11) is 0. The molecular weight excluding hydrogens is 400 g/mol. The van der Waals surface area contributed by atoms with Gasteiger partial charge in [-0.05, 0) is 59.1 Å². The maximum Gasteiger partial charge on any atom is 0.410 e. The van der Waals surface area contributed by atoms with E-state index in [1.807, 2.05) is 39.0 Å².